The second-order valence-corrected chi connectivity index (χ2v) is 16.8. The van der Waals surface area contributed by atoms with Gasteiger partial charge in [0.05, 0.1) is 16.9 Å². The lowest BCUT2D eigenvalue weighted by Gasteiger charge is -2.35. The average Bonchev–Trinajstić information content (AvgIpc) is 3.13. The first-order valence-corrected chi connectivity index (χ1v) is 16.3. The number of aryl methyl sites for hydroxylation is 1. The summed E-state index contributed by atoms with van der Waals surface area (Å²) in [6, 6.07) is 9.66. The molecule has 8 heteroatoms. The Labute approximate surface area is 204 Å². The highest BCUT2D eigenvalue weighted by Crippen LogP contribution is 2.32. The molecule has 0 saturated heterocycles. The van der Waals surface area contributed by atoms with Crippen LogP contribution in [0.15, 0.2) is 30.5 Å². The van der Waals surface area contributed by atoms with Crippen LogP contribution in [-0.4, -0.2) is 46.0 Å². The van der Waals surface area contributed by atoms with Gasteiger partial charge in [0.15, 0.2) is 0 Å². The maximum atomic E-state index is 6.44. The third-order valence-corrected chi connectivity index (χ3v) is 8.38. The summed E-state index contributed by atoms with van der Waals surface area (Å²) in [5.41, 5.74) is 10.3. The molecule has 0 amide bonds. The molecule has 3 N–H and O–H groups in total. The van der Waals surface area contributed by atoms with E-state index in [0.717, 1.165) is 72.6 Å². The lowest BCUT2D eigenvalue weighted by molar-refractivity contribution is 0.0802. The number of nitrogens with two attached hydrogens (primary N) is 1. The number of benzene rings is 1. The molecule has 4 rings (SSSR count). The molecular formula is C26H40N6OSi. The predicted molar refractivity (Wildman–Crippen MR) is 143 cm³/mol. The van der Waals surface area contributed by atoms with Crippen LogP contribution in [0.1, 0.15) is 45.1 Å². The molecule has 34 heavy (non-hydrogen) atoms. The largest absolute Gasteiger partial charge is 0.360 e. The second-order valence-electron chi connectivity index (χ2n) is 11.2. The molecule has 1 aromatic carbocycles. The van der Waals surface area contributed by atoms with Gasteiger partial charge in [-0.2, -0.15) is 5.10 Å². The lowest BCUT2D eigenvalue weighted by atomic mass is 9.81. The highest BCUT2D eigenvalue weighted by Gasteiger charge is 2.29. The molecule has 7 nitrogen and oxygen atoms in total. The molecule has 1 aliphatic carbocycles. The Morgan fingerprint density at radius 3 is 2.79 bits per heavy atom. The molecule has 1 fully saturated rings. The number of fused-ring (bicyclic) bond motifs is 1. The Morgan fingerprint density at radius 2 is 2.06 bits per heavy atom. The Morgan fingerprint density at radius 1 is 1.26 bits per heavy atom. The van der Waals surface area contributed by atoms with E-state index in [1.54, 1.807) is 0 Å². The fourth-order valence-electron chi connectivity index (χ4n) is 4.72. The first-order chi connectivity index (χ1) is 16.1. The topological polar surface area (TPSA) is 90.9 Å². The fraction of sp³-hybridized carbons (Fsp3) is 0.577. The van der Waals surface area contributed by atoms with Gasteiger partial charge in [0, 0.05) is 37.8 Å². The lowest BCUT2D eigenvalue weighted by Crippen LogP contribution is -2.45. The summed E-state index contributed by atoms with van der Waals surface area (Å²) in [4.78, 5) is 9.69. The maximum Gasteiger partial charge on any atom is 0.223 e. The molecule has 2 aromatic heterocycles. The van der Waals surface area contributed by atoms with Crippen molar-refractivity contribution in [3.63, 3.8) is 0 Å². The molecule has 0 bridgehead atoms. The van der Waals surface area contributed by atoms with E-state index in [0.29, 0.717) is 12.7 Å². The summed E-state index contributed by atoms with van der Waals surface area (Å²) in [5.74, 6) is 0.659. The maximum absolute atomic E-state index is 6.44. The first kappa shape index (κ1) is 24.8. The van der Waals surface area contributed by atoms with Crippen molar-refractivity contribution in [2.24, 2.45) is 5.73 Å². The highest BCUT2D eigenvalue weighted by atomic mass is 28.3. The Kier molecular flexibility index (Phi) is 7.40. The Hall–Kier alpha value is -2.29. The molecule has 1 saturated carbocycles. The van der Waals surface area contributed by atoms with Crippen molar-refractivity contribution in [1.82, 2.24) is 19.7 Å². The number of aromatic nitrogens is 4. The summed E-state index contributed by atoms with van der Waals surface area (Å²) < 4.78 is 8.07. The monoisotopic (exact) mass is 480 g/mol. The van der Waals surface area contributed by atoms with E-state index in [4.69, 9.17) is 20.6 Å². The molecule has 1 aliphatic rings. The summed E-state index contributed by atoms with van der Waals surface area (Å²) in [7, 11) is -1.15. The minimum atomic E-state index is -1.15. The Balaban J connectivity index is 1.66. The van der Waals surface area contributed by atoms with Crippen LogP contribution in [-0.2, 0) is 17.9 Å². The number of hydrogen-bond acceptors (Lipinski definition) is 6. The van der Waals surface area contributed by atoms with E-state index in [1.165, 1.54) is 0 Å². The third kappa shape index (κ3) is 6.03. The number of ether oxygens (including phenoxy) is 1. The van der Waals surface area contributed by atoms with Crippen molar-refractivity contribution in [3.8, 4) is 11.4 Å². The zero-order chi connectivity index (χ0) is 24.3. The van der Waals surface area contributed by atoms with Gasteiger partial charge < -0.3 is 15.8 Å². The van der Waals surface area contributed by atoms with E-state index >= 15 is 0 Å². The van der Waals surface area contributed by atoms with Crippen LogP contribution in [0.5, 0.6) is 0 Å². The van der Waals surface area contributed by atoms with Gasteiger partial charge in [-0.1, -0.05) is 44.8 Å². The van der Waals surface area contributed by atoms with Crippen molar-refractivity contribution in [2.45, 2.75) is 89.9 Å². The van der Waals surface area contributed by atoms with E-state index in [2.05, 4.69) is 55.9 Å². The molecule has 2 atom stereocenters. The van der Waals surface area contributed by atoms with Gasteiger partial charge in [-0.3, -0.25) is 0 Å². The minimum absolute atomic E-state index is 0.135. The van der Waals surface area contributed by atoms with Crippen LogP contribution in [0.4, 0.5) is 5.95 Å². The second kappa shape index (κ2) is 10.1. The summed E-state index contributed by atoms with van der Waals surface area (Å²) in [6.45, 7) is 12.6. The van der Waals surface area contributed by atoms with Crippen LogP contribution in [0, 0.1) is 0 Å². The quantitative estimate of drug-likeness (QED) is 0.313. The van der Waals surface area contributed by atoms with Crippen molar-refractivity contribution in [1.29, 1.82) is 0 Å². The van der Waals surface area contributed by atoms with Gasteiger partial charge in [-0.15, -0.1) is 0 Å². The van der Waals surface area contributed by atoms with Crippen molar-refractivity contribution >= 4 is 24.9 Å². The molecule has 3 aromatic rings. The molecule has 0 radical (unpaired) electrons. The number of hydrogen-bond donors (Lipinski definition) is 2. The summed E-state index contributed by atoms with van der Waals surface area (Å²) in [5, 5.41) is 9.52. The van der Waals surface area contributed by atoms with E-state index < -0.39 is 8.07 Å². The molecule has 0 aliphatic heterocycles. The highest BCUT2D eigenvalue weighted by molar-refractivity contribution is 6.76. The van der Waals surface area contributed by atoms with Gasteiger partial charge in [-0.05, 0) is 56.7 Å². The molecule has 0 unspecified atom stereocenters. The van der Waals surface area contributed by atoms with Crippen LogP contribution >= 0.6 is 0 Å². The number of nitrogens with zero attached hydrogens (tertiary/aromatic N) is 4. The van der Waals surface area contributed by atoms with E-state index in [9.17, 15) is 0 Å². The number of rotatable bonds is 9. The van der Waals surface area contributed by atoms with Gasteiger partial charge in [0.2, 0.25) is 5.95 Å². The standard InChI is InChI=1S/C26H40N6OSi/c1-6-19-17-28-25(29-20-10-9-13-26(2,27)16-20)30-23(19)24-21-11-7-8-12-22(21)31-32(24)18-33-14-15-34(3,4)5/h7-8,11-12,17,20H,6,9-10,13-16,18,27H2,1-5H3,(H,28,29,30)/t20-,26+/m1/s1. The van der Waals surface area contributed by atoms with Gasteiger partial charge in [0.1, 0.15) is 6.73 Å². The van der Waals surface area contributed by atoms with Crippen molar-refractivity contribution in [3.05, 3.63) is 36.0 Å². The Bertz CT molecular complexity index is 1120. The van der Waals surface area contributed by atoms with Crippen molar-refractivity contribution in [2.75, 3.05) is 11.9 Å². The average molecular weight is 481 g/mol. The zero-order valence-corrected chi connectivity index (χ0v) is 22.4. The zero-order valence-electron chi connectivity index (χ0n) is 21.4. The number of anilines is 1. The van der Waals surface area contributed by atoms with Gasteiger partial charge in [0.25, 0.3) is 0 Å². The molecular weight excluding hydrogens is 440 g/mol. The molecule has 184 valence electrons. The van der Waals surface area contributed by atoms with Gasteiger partial charge in [-0.25, -0.2) is 14.6 Å². The third-order valence-electron chi connectivity index (χ3n) is 6.67. The fourth-order valence-corrected chi connectivity index (χ4v) is 5.47. The van der Waals surface area contributed by atoms with Crippen LogP contribution in [0.2, 0.25) is 25.7 Å². The van der Waals surface area contributed by atoms with Gasteiger partial charge >= 0.3 is 0 Å². The molecule has 0 spiro atoms. The summed E-state index contributed by atoms with van der Waals surface area (Å²) >= 11 is 0. The molecule has 2 heterocycles. The van der Waals surface area contributed by atoms with Crippen LogP contribution in [0.25, 0.3) is 22.3 Å². The van der Waals surface area contributed by atoms with E-state index in [1.807, 2.05) is 23.0 Å². The SMILES string of the molecule is CCc1cnc(N[C@@H]2CCC[C@](C)(N)C2)nc1-c1c2ccccc2nn1COCC[Si](C)(C)C. The minimum Gasteiger partial charge on any atom is -0.360 e. The predicted octanol–water partition coefficient (Wildman–Crippen LogP) is 5.44. The first-order valence-electron chi connectivity index (χ1n) is 12.6. The van der Waals surface area contributed by atoms with Crippen LogP contribution < -0.4 is 11.1 Å². The normalized spacial score (nSPS) is 21.2. The van der Waals surface area contributed by atoms with E-state index in [-0.39, 0.29) is 11.6 Å². The van der Waals surface area contributed by atoms with Crippen LogP contribution in [0.3, 0.4) is 0 Å². The summed E-state index contributed by atoms with van der Waals surface area (Å²) in [6.07, 6.45) is 6.99. The number of nitrogens with one attached hydrogen (secondary N) is 1. The smallest absolute Gasteiger partial charge is 0.223 e. The van der Waals surface area contributed by atoms with Crippen molar-refractivity contribution < 1.29 is 4.74 Å².